The van der Waals surface area contributed by atoms with Gasteiger partial charge in [-0.05, 0) is 19.9 Å². The standard InChI is InChI=1S/C15H21NO2S/c1-9-6-11(10(2)18-9)12(17)7-14-16-13(8-19-14)15(3,4)5/h6,8,12,17H,7H2,1-5H3. The molecule has 0 aliphatic carbocycles. The number of thiazole rings is 1. The van der Waals surface area contributed by atoms with Gasteiger partial charge in [-0.15, -0.1) is 11.3 Å². The summed E-state index contributed by atoms with van der Waals surface area (Å²) in [6, 6.07) is 1.90. The van der Waals surface area contributed by atoms with Gasteiger partial charge in [0.25, 0.3) is 0 Å². The first-order valence-corrected chi connectivity index (χ1v) is 7.35. The van der Waals surface area contributed by atoms with Crippen molar-refractivity contribution in [1.82, 2.24) is 4.98 Å². The Morgan fingerprint density at radius 3 is 2.53 bits per heavy atom. The number of aromatic nitrogens is 1. The molecule has 19 heavy (non-hydrogen) atoms. The Hall–Kier alpha value is -1.13. The van der Waals surface area contributed by atoms with Crippen molar-refractivity contribution in [3.63, 3.8) is 0 Å². The van der Waals surface area contributed by atoms with Gasteiger partial charge in [0.05, 0.1) is 16.8 Å². The van der Waals surface area contributed by atoms with E-state index in [1.807, 2.05) is 19.9 Å². The third-order valence-electron chi connectivity index (χ3n) is 3.13. The number of hydrogen-bond acceptors (Lipinski definition) is 4. The van der Waals surface area contributed by atoms with Crippen LogP contribution in [0.4, 0.5) is 0 Å². The van der Waals surface area contributed by atoms with Gasteiger partial charge < -0.3 is 9.52 Å². The molecular weight excluding hydrogens is 258 g/mol. The smallest absolute Gasteiger partial charge is 0.106 e. The highest BCUT2D eigenvalue weighted by atomic mass is 32.1. The summed E-state index contributed by atoms with van der Waals surface area (Å²) in [4.78, 5) is 4.61. The maximum atomic E-state index is 10.3. The molecule has 1 N–H and O–H groups in total. The van der Waals surface area contributed by atoms with E-state index in [4.69, 9.17) is 4.42 Å². The Balaban J connectivity index is 2.13. The van der Waals surface area contributed by atoms with Crippen LogP contribution < -0.4 is 0 Å². The lowest BCUT2D eigenvalue weighted by Gasteiger charge is -2.14. The van der Waals surface area contributed by atoms with Gasteiger partial charge >= 0.3 is 0 Å². The van der Waals surface area contributed by atoms with Crippen LogP contribution in [-0.4, -0.2) is 10.1 Å². The molecule has 2 aromatic heterocycles. The van der Waals surface area contributed by atoms with Crippen molar-refractivity contribution in [3.05, 3.63) is 39.2 Å². The second-order valence-electron chi connectivity index (χ2n) is 5.96. The first-order valence-electron chi connectivity index (χ1n) is 6.47. The highest BCUT2D eigenvalue weighted by Gasteiger charge is 2.20. The largest absolute Gasteiger partial charge is 0.466 e. The maximum absolute atomic E-state index is 10.3. The van der Waals surface area contributed by atoms with E-state index in [1.54, 1.807) is 11.3 Å². The van der Waals surface area contributed by atoms with Crippen molar-refractivity contribution in [2.75, 3.05) is 0 Å². The van der Waals surface area contributed by atoms with Gasteiger partial charge in [-0.1, -0.05) is 20.8 Å². The molecule has 2 heterocycles. The SMILES string of the molecule is Cc1cc(C(O)Cc2nc(C(C)(C)C)cs2)c(C)o1. The van der Waals surface area contributed by atoms with Gasteiger partial charge in [-0.25, -0.2) is 4.98 Å². The minimum absolute atomic E-state index is 0.0574. The fraction of sp³-hybridized carbons (Fsp3) is 0.533. The lowest BCUT2D eigenvalue weighted by molar-refractivity contribution is 0.176. The summed E-state index contributed by atoms with van der Waals surface area (Å²) in [6.45, 7) is 10.2. The van der Waals surface area contributed by atoms with Crippen LogP contribution in [0.2, 0.25) is 0 Å². The Kier molecular flexibility index (Phi) is 3.83. The van der Waals surface area contributed by atoms with E-state index in [0.717, 1.165) is 27.8 Å². The summed E-state index contributed by atoms with van der Waals surface area (Å²) in [6.07, 6.45) is -0.00276. The Labute approximate surface area is 118 Å². The number of furan rings is 1. The van der Waals surface area contributed by atoms with Crippen molar-refractivity contribution in [2.24, 2.45) is 0 Å². The van der Waals surface area contributed by atoms with Gasteiger partial charge in [0.15, 0.2) is 0 Å². The molecule has 0 aliphatic rings. The molecule has 1 atom stereocenters. The number of rotatable bonds is 3. The Bertz CT molecular complexity index is 563. The molecule has 0 fully saturated rings. The molecule has 2 rings (SSSR count). The van der Waals surface area contributed by atoms with Crippen molar-refractivity contribution < 1.29 is 9.52 Å². The van der Waals surface area contributed by atoms with Gasteiger partial charge in [-0.2, -0.15) is 0 Å². The molecule has 0 saturated carbocycles. The van der Waals surface area contributed by atoms with Crippen LogP contribution in [0.25, 0.3) is 0 Å². The molecule has 0 aliphatic heterocycles. The fourth-order valence-corrected chi connectivity index (χ4v) is 3.06. The van der Waals surface area contributed by atoms with Gasteiger partial charge in [0, 0.05) is 22.8 Å². The molecule has 0 spiro atoms. The topological polar surface area (TPSA) is 46.3 Å². The Morgan fingerprint density at radius 2 is 2.05 bits per heavy atom. The monoisotopic (exact) mass is 279 g/mol. The molecular formula is C15H21NO2S. The van der Waals surface area contributed by atoms with Gasteiger partial charge in [-0.3, -0.25) is 0 Å². The lowest BCUT2D eigenvalue weighted by Crippen LogP contribution is -2.12. The van der Waals surface area contributed by atoms with Crippen LogP contribution in [0.15, 0.2) is 15.9 Å². The van der Waals surface area contributed by atoms with Crippen molar-refractivity contribution in [1.29, 1.82) is 0 Å². The van der Waals surface area contributed by atoms with E-state index in [9.17, 15) is 5.11 Å². The molecule has 2 aromatic rings. The normalized spacial score (nSPS) is 13.8. The van der Waals surface area contributed by atoms with Gasteiger partial charge in [0.1, 0.15) is 11.5 Å². The van der Waals surface area contributed by atoms with Crippen molar-refractivity contribution >= 4 is 11.3 Å². The molecule has 0 amide bonds. The predicted octanol–water partition coefficient (Wildman–Crippen LogP) is 3.93. The number of aliphatic hydroxyl groups is 1. The average molecular weight is 279 g/mol. The second kappa shape index (κ2) is 5.10. The van der Waals surface area contributed by atoms with E-state index < -0.39 is 6.10 Å². The summed E-state index contributed by atoms with van der Waals surface area (Å²) in [5, 5.41) is 13.3. The summed E-state index contributed by atoms with van der Waals surface area (Å²) in [5.74, 6) is 1.62. The van der Waals surface area contributed by atoms with E-state index in [2.05, 4.69) is 31.1 Å². The third-order valence-corrected chi connectivity index (χ3v) is 4.00. The van der Waals surface area contributed by atoms with Crippen LogP contribution in [0.1, 0.15) is 54.7 Å². The Morgan fingerprint density at radius 1 is 1.37 bits per heavy atom. The first-order chi connectivity index (χ1) is 8.77. The van der Waals surface area contributed by atoms with Crippen LogP contribution in [0.3, 0.4) is 0 Å². The zero-order valence-corrected chi connectivity index (χ0v) is 13.0. The predicted molar refractivity (Wildman–Crippen MR) is 77.7 cm³/mol. The van der Waals surface area contributed by atoms with E-state index in [-0.39, 0.29) is 5.41 Å². The van der Waals surface area contributed by atoms with Crippen LogP contribution in [0, 0.1) is 13.8 Å². The summed E-state index contributed by atoms with van der Waals surface area (Å²) in [7, 11) is 0. The molecule has 0 radical (unpaired) electrons. The molecule has 0 bridgehead atoms. The molecule has 0 aromatic carbocycles. The van der Waals surface area contributed by atoms with E-state index >= 15 is 0 Å². The number of hydrogen-bond donors (Lipinski definition) is 1. The minimum atomic E-state index is -0.545. The van der Waals surface area contributed by atoms with Crippen molar-refractivity contribution in [2.45, 2.75) is 52.6 Å². The lowest BCUT2D eigenvalue weighted by atomic mass is 9.93. The highest BCUT2D eigenvalue weighted by Crippen LogP contribution is 2.28. The maximum Gasteiger partial charge on any atom is 0.106 e. The number of nitrogens with zero attached hydrogens (tertiary/aromatic N) is 1. The minimum Gasteiger partial charge on any atom is -0.466 e. The summed E-state index contributed by atoms with van der Waals surface area (Å²) < 4.78 is 5.46. The van der Waals surface area contributed by atoms with Crippen LogP contribution >= 0.6 is 11.3 Å². The number of aliphatic hydroxyl groups excluding tert-OH is 1. The van der Waals surface area contributed by atoms with Crippen molar-refractivity contribution in [3.8, 4) is 0 Å². The summed E-state index contributed by atoms with van der Waals surface area (Å²) in [5.41, 5.74) is 2.01. The second-order valence-corrected chi connectivity index (χ2v) is 6.91. The van der Waals surface area contributed by atoms with Crippen LogP contribution in [0.5, 0.6) is 0 Å². The fourth-order valence-electron chi connectivity index (χ4n) is 2.01. The van der Waals surface area contributed by atoms with E-state index in [0.29, 0.717) is 6.42 Å². The van der Waals surface area contributed by atoms with Gasteiger partial charge in [0.2, 0.25) is 0 Å². The third kappa shape index (κ3) is 3.25. The zero-order chi connectivity index (χ0) is 14.2. The summed E-state index contributed by atoms with van der Waals surface area (Å²) >= 11 is 1.61. The van der Waals surface area contributed by atoms with Crippen LogP contribution in [-0.2, 0) is 11.8 Å². The molecule has 4 heteroatoms. The highest BCUT2D eigenvalue weighted by molar-refractivity contribution is 7.09. The molecule has 0 saturated heterocycles. The van der Waals surface area contributed by atoms with E-state index in [1.165, 1.54) is 0 Å². The average Bonchev–Trinajstić information content (AvgIpc) is 2.84. The quantitative estimate of drug-likeness (QED) is 0.926. The number of aryl methyl sites for hydroxylation is 2. The molecule has 104 valence electrons. The first kappa shape index (κ1) is 14.3. The molecule has 3 nitrogen and oxygen atoms in total. The molecule has 1 unspecified atom stereocenters. The zero-order valence-electron chi connectivity index (χ0n) is 12.2.